The van der Waals surface area contributed by atoms with Gasteiger partial charge in [0.05, 0.1) is 37.8 Å². The number of hydrogen-bond donors (Lipinski definition) is 0. The van der Waals surface area contributed by atoms with Crippen LogP contribution in [0.25, 0.3) is 10.9 Å². The summed E-state index contributed by atoms with van der Waals surface area (Å²) in [4.78, 5) is 20.4. The molecule has 0 saturated carbocycles. The summed E-state index contributed by atoms with van der Waals surface area (Å²) in [6.07, 6.45) is 0. The van der Waals surface area contributed by atoms with E-state index in [0.717, 1.165) is 60.6 Å². The molecule has 1 aromatic heterocycles. The molecule has 0 radical (unpaired) electrons. The third kappa shape index (κ3) is 4.80. The Morgan fingerprint density at radius 3 is 2.62 bits per heavy atom. The van der Waals surface area contributed by atoms with Gasteiger partial charge in [-0.15, -0.1) is 0 Å². The summed E-state index contributed by atoms with van der Waals surface area (Å²) in [7, 11) is 1.65. The van der Waals surface area contributed by atoms with Crippen LogP contribution in [-0.2, 0) is 11.3 Å². The predicted molar refractivity (Wildman–Crippen MR) is 116 cm³/mol. The van der Waals surface area contributed by atoms with Crippen molar-refractivity contribution in [1.29, 1.82) is 0 Å². The van der Waals surface area contributed by atoms with Crippen molar-refractivity contribution in [2.24, 2.45) is 0 Å². The maximum absolute atomic E-state index is 13.2. The van der Waals surface area contributed by atoms with Crippen LogP contribution in [0, 0.1) is 0 Å². The van der Waals surface area contributed by atoms with Gasteiger partial charge in [0.2, 0.25) is 0 Å². The third-order valence-corrected chi connectivity index (χ3v) is 6.03. The Bertz CT molecular complexity index is 1010. The van der Waals surface area contributed by atoms with E-state index in [2.05, 4.69) is 4.90 Å². The maximum atomic E-state index is 13.2. The number of methoxy groups -OCH3 is 1. The highest BCUT2D eigenvalue weighted by Crippen LogP contribution is 2.20. The zero-order valence-electron chi connectivity index (χ0n) is 16.5. The van der Waals surface area contributed by atoms with Gasteiger partial charge in [0.1, 0.15) is 5.75 Å². The Balaban J connectivity index is 1.59. The van der Waals surface area contributed by atoms with E-state index in [4.69, 9.17) is 14.5 Å². The zero-order valence-corrected chi connectivity index (χ0v) is 17.4. The molecule has 1 fully saturated rings. The normalized spacial score (nSPS) is 14.9. The van der Waals surface area contributed by atoms with Crippen LogP contribution in [-0.4, -0.2) is 60.2 Å². The lowest BCUT2D eigenvalue weighted by Gasteiger charge is -2.26. The van der Waals surface area contributed by atoms with Crippen molar-refractivity contribution in [2.45, 2.75) is 11.7 Å². The second-order valence-electron chi connectivity index (χ2n) is 6.95. The number of rotatable bonds is 7. The van der Waals surface area contributed by atoms with E-state index in [1.807, 2.05) is 48.5 Å². The van der Waals surface area contributed by atoms with Crippen LogP contribution in [0.5, 0.6) is 5.75 Å². The number of para-hydroxylation sites is 1. The molecule has 29 heavy (non-hydrogen) atoms. The van der Waals surface area contributed by atoms with Crippen molar-refractivity contribution in [3.8, 4) is 5.75 Å². The molecule has 6 nitrogen and oxygen atoms in total. The zero-order chi connectivity index (χ0) is 20.1. The summed E-state index contributed by atoms with van der Waals surface area (Å²) in [6, 6.07) is 15.4. The molecule has 1 aliphatic rings. The van der Waals surface area contributed by atoms with Crippen molar-refractivity contribution >= 4 is 22.7 Å². The molecule has 152 valence electrons. The molecule has 3 aromatic rings. The first-order valence-corrected chi connectivity index (χ1v) is 10.8. The quantitative estimate of drug-likeness (QED) is 0.440. The fourth-order valence-electron chi connectivity index (χ4n) is 3.40. The van der Waals surface area contributed by atoms with Crippen molar-refractivity contribution in [1.82, 2.24) is 14.5 Å². The van der Waals surface area contributed by atoms with Gasteiger partial charge in [-0.1, -0.05) is 36.0 Å². The molecule has 2 aromatic carbocycles. The van der Waals surface area contributed by atoms with E-state index in [-0.39, 0.29) is 5.56 Å². The molecular formula is C22H25N3O3S. The Labute approximate surface area is 174 Å². The number of aromatic nitrogens is 2. The van der Waals surface area contributed by atoms with Crippen LogP contribution in [0.3, 0.4) is 0 Å². The number of fused-ring (bicyclic) bond motifs is 1. The van der Waals surface area contributed by atoms with Gasteiger partial charge in [-0.3, -0.25) is 14.3 Å². The highest BCUT2D eigenvalue weighted by atomic mass is 32.2. The van der Waals surface area contributed by atoms with E-state index in [1.54, 1.807) is 23.4 Å². The van der Waals surface area contributed by atoms with Gasteiger partial charge in [0.15, 0.2) is 5.16 Å². The minimum atomic E-state index is 0.000269. The Morgan fingerprint density at radius 2 is 1.86 bits per heavy atom. The monoisotopic (exact) mass is 411 g/mol. The van der Waals surface area contributed by atoms with Crippen LogP contribution in [0.15, 0.2) is 58.5 Å². The standard InChI is InChI=1S/C22H25N3O3S/c1-27-18-8-6-17(7-9-18)16-25-21(26)19-4-2-3-5-20(19)23-22(25)29-15-12-24-10-13-28-14-11-24/h2-9H,10-16H2,1H3. The fourth-order valence-corrected chi connectivity index (χ4v) is 4.40. The fraction of sp³-hybridized carbons (Fsp3) is 0.364. The molecule has 7 heteroatoms. The number of ether oxygens (including phenoxy) is 2. The van der Waals surface area contributed by atoms with Crippen molar-refractivity contribution in [3.05, 3.63) is 64.4 Å². The first-order chi connectivity index (χ1) is 14.2. The van der Waals surface area contributed by atoms with E-state index >= 15 is 0 Å². The highest BCUT2D eigenvalue weighted by Gasteiger charge is 2.14. The summed E-state index contributed by atoms with van der Waals surface area (Å²) in [5.74, 6) is 1.69. The highest BCUT2D eigenvalue weighted by molar-refractivity contribution is 7.99. The van der Waals surface area contributed by atoms with Crippen LogP contribution in [0.2, 0.25) is 0 Å². The lowest BCUT2D eigenvalue weighted by molar-refractivity contribution is 0.0410. The van der Waals surface area contributed by atoms with E-state index < -0.39 is 0 Å². The molecule has 0 bridgehead atoms. The molecule has 1 aliphatic heterocycles. The lowest BCUT2D eigenvalue weighted by atomic mass is 10.2. The second-order valence-corrected chi connectivity index (χ2v) is 8.02. The smallest absolute Gasteiger partial charge is 0.262 e. The minimum Gasteiger partial charge on any atom is -0.497 e. The lowest BCUT2D eigenvalue weighted by Crippen LogP contribution is -2.37. The molecular weight excluding hydrogens is 386 g/mol. The first-order valence-electron chi connectivity index (χ1n) is 9.80. The number of nitrogens with zero attached hydrogens (tertiary/aromatic N) is 3. The molecule has 0 unspecified atom stereocenters. The van der Waals surface area contributed by atoms with Crippen LogP contribution < -0.4 is 10.3 Å². The second kappa shape index (κ2) is 9.43. The van der Waals surface area contributed by atoms with Crippen LogP contribution in [0.1, 0.15) is 5.56 Å². The number of morpholine rings is 1. The van der Waals surface area contributed by atoms with Crippen molar-refractivity contribution in [2.75, 3.05) is 45.7 Å². The van der Waals surface area contributed by atoms with Gasteiger partial charge in [0.25, 0.3) is 5.56 Å². The summed E-state index contributed by atoms with van der Waals surface area (Å²) < 4.78 is 12.4. The average molecular weight is 412 g/mol. The molecule has 0 N–H and O–H groups in total. The molecule has 0 amide bonds. The van der Waals surface area contributed by atoms with E-state index in [1.165, 1.54) is 0 Å². The van der Waals surface area contributed by atoms with E-state index in [9.17, 15) is 4.79 Å². The van der Waals surface area contributed by atoms with Gasteiger partial charge in [-0.2, -0.15) is 0 Å². The first kappa shape index (κ1) is 19.9. The van der Waals surface area contributed by atoms with E-state index in [0.29, 0.717) is 11.9 Å². The molecule has 4 rings (SSSR count). The van der Waals surface area contributed by atoms with Crippen LogP contribution in [0.4, 0.5) is 0 Å². The number of hydrogen-bond acceptors (Lipinski definition) is 6. The Morgan fingerprint density at radius 1 is 1.10 bits per heavy atom. The average Bonchev–Trinajstić information content (AvgIpc) is 2.77. The van der Waals surface area contributed by atoms with Crippen LogP contribution >= 0.6 is 11.8 Å². The number of thioether (sulfide) groups is 1. The minimum absolute atomic E-state index is 0.000269. The molecule has 0 spiro atoms. The van der Waals surface area contributed by atoms with Gasteiger partial charge in [-0.25, -0.2) is 4.98 Å². The maximum Gasteiger partial charge on any atom is 0.262 e. The molecule has 1 saturated heterocycles. The van der Waals surface area contributed by atoms with Crippen molar-refractivity contribution < 1.29 is 9.47 Å². The summed E-state index contributed by atoms with van der Waals surface area (Å²) >= 11 is 1.64. The summed E-state index contributed by atoms with van der Waals surface area (Å²) in [6.45, 7) is 4.96. The largest absolute Gasteiger partial charge is 0.497 e. The molecule has 2 heterocycles. The third-order valence-electron chi connectivity index (χ3n) is 5.07. The summed E-state index contributed by atoms with van der Waals surface area (Å²) in [5.41, 5.74) is 1.79. The van der Waals surface area contributed by atoms with Gasteiger partial charge in [-0.05, 0) is 29.8 Å². The Hall–Kier alpha value is -2.35. The number of benzene rings is 2. The van der Waals surface area contributed by atoms with Gasteiger partial charge >= 0.3 is 0 Å². The Kier molecular flexibility index (Phi) is 6.49. The molecule has 0 atom stereocenters. The molecule has 0 aliphatic carbocycles. The van der Waals surface area contributed by atoms with Gasteiger partial charge in [0, 0.05) is 25.4 Å². The van der Waals surface area contributed by atoms with Gasteiger partial charge < -0.3 is 9.47 Å². The SMILES string of the molecule is COc1ccc(Cn2c(SCCN3CCOCC3)nc3ccccc3c2=O)cc1. The predicted octanol–water partition coefficient (Wildman–Crippen LogP) is 2.88. The summed E-state index contributed by atoms with van der Waals surface area (Å²) in [5, 5.41) is 1.41. The van der Waals surface area contributed by atoms with Crippen molar-refractivity contribution in [3.63, 3.8) is 0 Å². The topological polar surface area (TPSA) is 56.6 Å².